The van der Waals surface area contributed by atoms with E-state index in [-0.39, 0.29) is 11.8 Å². The molecule has 0 radical (unpaired) electrons. The minimum absolute atomic E-state index is 0.0191. The summed E-state index contributed by atoms with van der Waals surface area (Å²) in [6.07, 6.45) is 0. The highest BCUT2D eigenvalue weighted by atomic mass is 16.5. The number of hydrogen-bond acceptors (Lipinski definition) is 6. The number of benzene rings is 3. The van der Waals surface area contributed by atoms with Gasteiger partial charge in [0.1, 0.15) is 0 Å². The van der Waals surface area contributed by atoms with E-state index >= 15 is 0 Å². The summed E-state index contributed by atoms with van der Waals surface area (Å²) in [6, 6.07) is 24.5. The molecule has 2 heterocycles. The number of fused-ring (bicyclic) bond motifs is 1. The van der Waals surface area contributed by atoms with Crippen LogP contribution in [0, 0.1) is 11.3 Å². The van der Waals surface area contributed by atoms with Gasteiger partial charge in [-0.15, -0.1) is 0 Å². The van der Waals surface area contributed by atoms with Crippen LogP contribution < -0.4 is 15.5 Å². The molecule has 2 amide bonds. The monoisotopic (exact) mass is 493 g/mol. The molecule has 3 aromatic carbocycles. The van der Waals surface area contributed by atoms with Gasteiger partial charge in [-0.2, -0.15) is 5.26 Å². The molecule has 2 N–H and O–H groups in total. The van der Waals surface area contributed by atoms with Gasteiger partial charge in [0, 0.05) is 37.1 Å². The van der Waals surface area contributed by atoms with Crippen molar-refractivity contribution in [2.24, 2.45) is 0 Å². The normalized spacial score (nSPS) is 16.4. The van der Waals surface area contributed by atoms with Crippen LogP contribution >= 0.6 is 0 Å². The third kappa shape index (κ3) is 5.23. The first kappa shape index (κ1) is 24.3. The Labute approximate surface area is 215 Å². The molecule has 0 spiro atoms. The molecule has 5 rings (SSSR count). The van der Waals surface area contributed by atoms with Crippen LogP contribution in [0.25, 0.3) is 11.3 Å². The summed E-state index contributed by atoms with van der Waals surface area (Å²) in [4.78, 5) is 29.6. The summed E-state index contributed by atoms with van der Waals surface area (Å²) in [5.41, 5.74) is 5.41. The molecule has 0 unspecified atom stereocenters. The van der Waals surface area contributed by atoms with E-state index in [1.165, 1.54) is 0 Å². The van der Waals surface area contributed by atoms with Gasteiger partial charge in [-0.1, -0.05) is 36.4 Å². The number of amides is 2. The molecule has 0 saturated carbocycles. The highest BCUT2D eigenvalue weighted by Crippen LogP contribution is 2.38. The zero-order chi connectivity index (χ0) is 25.8. The third-order valence-corrected chi connectivity index (χ3v) is 6.57. The van der Waals surface area contributed by atoms with Crippen molar-refractivity contribution in [3.05, 3.63) is 89.5 Å². The molecule has 2 aliphatic heterocycles. The quantitative estimate of drug-likeness (QED) is 0.507. The summed E-state index contributed by atoms with van der Waals surface area (Å²) in [5, 5.41) is 15.6. The second-order valence-corrected chi connectivity index (χ2v) is 8.96. The van der Waals surface area contributed by atoms with Crippen molar-refractivity contribution in [3.8, 4) is 6.07 Å². The first-order valence-electron chi connectivity index (χ1n) is 12.1. The lowest BCUT2D eigenvalue weighted by atomic mass is 9.99. The molecular formula is C29H27N5O3. The van der Waals surface area contributed by atoms with Gasteiger partial charge in [-0.25, -0.2) is 0 Å². The standard InChI is InChI=1S/C29H27N5O3/c1-33(26(35)19-34-13-15-37-16-14-34)23-10-8-22(9-11-23)31-28(21-5-3-2-4-6-21)27-24-12-7-20(18-30)17-25(24)32-29(27)36/h2-12,17,31H,13-16,19H2,1H3,(H,32,36)/b28-27-. The van der Waals surface area contributed by atoms with E-state index in [0.717, 1.165) is 35.6 Å². The van der Waals surface area contributed by atoms with Gasteiger partial charge >= 0.3 is 0 Å². The fourth-order valence-corrected chi connectivity index (χ4v) is 4.49. The predicted octanol–water partition coefficient (Wildman–Crippen LogP) is 3.79. The maximum Gasteiger partial charge on any atom is 0.258 e. The smallest absolute Gasteiger partial charge is 0.258 e. The SMILES string of the molecule is CN(C(=O)CN1CCOCC1)c1ccc(N/C(=C2\C(=O)Nc3cc(C#N)ccc32)c2ccccc2)cc1. The zero-order valence-corrected chi connectivity index (χ0v) is 20.5. The maximum atomic E-state index is 13.1. The number of nitrogens with zero attached hydrogens (tertiary/aromatic N) is 3. The number of rotatable bonds is 6. The molecule has 8 nitrogen and oxygen atoms in total. The molecule has 1 fully saturated rings. The Hall–Kier alpha value is -4.45. The lowest BCUT2D eigenvalue weighted by Gasteiger charge is -2.28. The number of anilines is 3. The number of hydrogen-bond donors (Lipinski definition) is 2. The fourth-order valence-electron chi connectivity index (χ4n) is 4.49. The van der Waals surface area contributed by atoms with Crippen LogP contribution in [0.15, 0.2) is 72.8 Å². The van der Waals surface area contributed by atoms with Gasteiger partial charge < -0.3 is 20.3 Å². The molecule has 0 aliphatic carbocycles. The van der Waals surface area contributed by atoms with E-state index in [1.807, 2.05) is 54.6 Å². The molecule has 8 heteroatoms. The summed E-state index contributed by atoms with van der Waals surface area (Å²) in [6.45, 7) is 3.17. The average molecular weight is 494 g/mol. The number of ether oxygens (including phenoxy) is 1. The molecule has 186 valence electrons. The minimum atomic E-state index is -0.235. The average Bonchev–Trinajstić information content (AvgIpc) is 3.27. The number of carbonyl (C=O) groups excluding carboxylic acids is 2. The van der Waals surface area contributed by atoms with Gasteiger partial charge in [0.15, 0.2) is 0 Å². The largest absolute Gasteiger partial charge is 0.379 e. The Kier molecular flexibility index (Phi) is 6.99. The van der Waals surface area contributed by atoms with E-state index < -0.39 is 0 Å². The van der Waals surface area contributed by atoms with Crippen LogP contribution in [0.3, 0.4) is 0 Å². The minimum Gasteiger partial charge on any atom is -0.379 e. The van der Waals surface area contributed by atoms with Crippen LogP contribution in [-0.4, -0.2) is 56.6 Å². The maximum absolute atomic E-state index is 13.1. The van der Waals surface area contributed by atoms with Crippen LogP contribution in [0.1, 0.15) is 16.7 Å². The van der Waals surface area contributed by atoms with Crippen molar-refractivity contribution in [2.45, 2.75) is 0 Å². The second-order valence-electron chi connectivity index (χ2n) is 8.96. The molecule has 1 saturated heterocycles. The Morgan fingerprint density at radius 2 is 1.81 bits per heavy atom. The first-order chi connectivity index (χ1) is 18.0. The van der Waals surface area contributed by atoms with Crippen molar-refractivity contribution >= 4 is 40.1 Å². The molecule has 2 aliphatic rings. The van der Waals surface area contributed by atoms with Crippen LogP contribution in [0.2, 0.25) is 0 Å². The fraction of sp³-hybridized carbons (Fsp3) is 0.207. The van der Waals surface area contributed by atoms with Crippen LogP contribution in [-0.2, 0) is 14.3 Å². The highest BCUT2D eigenvalue weighted by Gasteiger charge is 2.28. The van der Waals surface area contributed by atoms with E-state index in [0.29, 0.717) is 42.3 Å². The number of carbonyl (C=O) groups is 2. The number of nitrogens with one attached hydrogen (secondary N) is 2. The van der Waals surface area contributed by atoms with Gasteiger partial charge in [0.25, 0.3) is 5.91 Å². The summed E-state index contributed by atoms with van der Waals surface area (Å²) in [5.74, 6) is -0.216. The number of morpholine rings is 1. The number of likely N-dealkylation sites (N-methyl/N-ethyl adjacent to an activating group) is 1. The van der Waals surface area contributed by atoms with Gasteiger partial charge in [-0.3, -0.25) is 14.5 Å². The topological polar surface area (TPSA) is 97.7 Å². The van der Waals surface area contributed by atoms with Crippen molar-refractivity contribution in [1.82, 2.24) is 4.90 Å². The van der Waals surface area contributed by atoms with E-state index in [1.54, 1.807) is 30.1 Å². The summed E-state index contributed by atoms with van der Waals surface area (Å²) < 4.78 is 5.36. The lowest BCUT2D eigenvalue weighted by Crippen LogP contribution is -2.43. The van der Waals surface area contributed by atoms with Gasteiger partial charge in [0.05, 0.1) is 48.3 Å². The van der Waals surface area contributed by atoms with Gasteiger partial charge in [0.2, 0.25) is 5.91 Å². The van der Waals surface area contributed by atoms with E-state index in [2.05, 4.69) is 21.6 Å². The Morgan fingerprint density at radius 1 is 1.08 bits per heavy atom. The molecule has 0 atom stereocenters. The predicted molar refractivity (Wildman–Crippen MR) is 144 cm³/mol. The zero-order valence-electron chi connectivity index (χ0n) is 20.5. The van der Waals surface area contributed by atoms with Gasteiger partial charge in [-0.05, 0) is 42.0 Å². The Morgan fingerprint density at radius 3 is 2.51 bits per heavy atom. The van der Waals surface area contributed by atoms with Crippen LogP contribution in [0.4, 0.5) is 17.1 Å². The summed E-state index contributed by atoms with van der Waals surface area (Å²) in [7, 11) is 1.78. The molecule has 37 heavy (non-hydrogen) atoms. The first-order valence-corrected chi connectivity index (χ1v) is 12.1. The lowest BCUT2D eigenvalue weighted by molar-refractivity contribution is -0.120. The Balaban J connectivity index is 1.41. The van der Waals surface area contributed by atoms with Crippen molar-refractivity contribution in [3.63, 3.8) is 0 Å². The molecule has 0 aromatic heterocycles. The summed E-state index contributed by atoms with van der Waals surface area (Å²) >= 11 is 0. The number of nitriles is 1. The van der Waals surface area contributed by atoms with E-state index in [4.69, 9.17) is 4.74 Å². The third-order valence-electron chi connectivity index (χ3n) is 6.57. The molecule has 0 bridgehead atoms. The van der Waals surface area contributed by atoms with Crippen LogP contribution in [0.5, 0.6) is 0 Å². The van der Waals surface area contributed by atoms with E-state index in [9.17, 15) is 14.9 Å². The second kappa shape index (κ2) is 10.7. The highest BCUT2D eigenvalue weighted by molar-refractivity contribution is 6.37. The van der Waals surface area contributed by atoms with Crippen molar-refractivity contribution < 1.29 is 14.3 Å². The van der Waals surface area contributed by atoms with Crippen molar-refractivity contribution in [1.29, 1.82) is 5.26 Å². The Bertz CT molecular complexity index is 1390. The molecular weight excluding hydrogens is 466 g/mol. The molecule has 3 aromatic rings. The van der Waals surface area contributed by atoms with Crippen molar-refractivity contribution in [2.75, 3.05) is 55.4 Å².